The van der Waals surface area contributed by atoms with Gasteiger partial charge in [0.2, 0.25) is 5.91 Å². The summed E-state index contributed by atoms with van der Waals surface area (Å²) in [5.41, 5.74) is 4.96. The maximum Gasteiger partial charge on any atom is 0.247 e. The first-order chi connectivity index (χ1) is 7.15. The number of hydrogen-bond acceptors (Lipinski definition) is 4. The first-order valence-electron chi connectivity index (χ1n) is 4.89. The highest BCUT2D eigenvalue weighted by Crippen LogP contribution is 2.21. The minimum absolute atomic E-state index is 0.180. The van der Waals surface area contributed by atoms with Crippen LogP contribution in [0.5, 0.6) is 0 Å². The van der Waals surface area contributed by atoms with Crippen LogP contribution >= 0.6 is 11.3 Å². The van der Waals surface area contributed by atoms with E-state index in [9.17, 15) is 9.90 Å². The van der Waals surface area contributed by atoms with Crippen LogP contribution in [0.3, 0.4) is 0 Å². The van der Waals surface area contributed by atoms with Crippen molar-refractivity contribution in [1.82, 2.24) is 5.32 Å². The molecule has 0 saturated carbocycles. The van der Waals surface area contributed by atoms with Crippen LogP contribution in [-0.2, 0) is 4.79 Å². The summed E-state index contributed by atoms with van der Waals surface area (Å²) >= 11 is 1.66. The Morgan fingerprint density at radius 2 is 2.47 bits per heavy atom. The van der Waals surface area contributed by atoms with Crippen LogP contribution in [0.15, 0.2) is 17.5 Å². The molecule has 0 aliphatic carbocycles. The fraction of sp³-hybridized carbons (Fsp3) is 0.500. The van der Waals surface area contributed by atoms with Crippen molar-refractivity contribution in [3.05, 3.63) is 22.4 Å². The number of rotatable bonds is 6. The van der Waals surface area contributed by atoms with Gasteiger partial charge in [0.1, 0.15) is 6.10 Å². The first-order valence-corrected chi connectivity index (χ1v) is 5.77. The first kappa shape index (κ1) is 12.2. The maximum atomic E-state index is 10.6. The average Bonchev–Trinajstić information content (AvgIpc) is 2.71. The predicted octanol–water partition coefficient (Wildman–Crippen LogP) is 0.635. The number of aliphatic hydroxyl groups excluding tert-OH is 1. The quantitative estimate of drug-likeness (QED) is 0.668. The Bertz CT molecular complexity index is 300. The number of nitrogens with one attached hydrogen (secondary N) is 1. The van der Waals surface area contributed by atoms with Gasteiger partial charge in [-0.05, 0) is 17.9 Å². The zero-order valence-corrected chi connectivity index (χ0v) is 9.46. The van der Waals surface area contributed by atoms with E-state index in [0.717, 1.165) is 6.42 Å². The largest absolute Gasteiger partial charge is 0.382 e. The molecule has 0 aliphatic heterocycles. The van der Waals surface area contributed by atoms with Crippen molar-refractivity contribution in [2.75, 3.05) is 6.54 Å². The highest BCUT2D eigenvalue weighted by atomic mass is 32.1. The number of primary amides is 1. The molecular weight excluding hydrogens is 212 g/mol. The Hall–Kier alpha value is -0.910. The smallest absolute Gasteiger partial charge is 0.247 e. The summed E-state index contributed by atoms with van der Waals surface area (Å²) in [7, 11) is 0. The summed E-state index contributed by atoms with van der Waals surface area (Å²) in [6, 6.07) is 4.19. The molecule has 1 amide bonds. The monoisotopic (exact) mass is 228 g/mol. The Labute approximate surface area is 93.1 Å². The topological polar surface area (TPSA) is 75.3 Å². The molecule has 0 bridgehead atoms. The fourth-order valence-corrected chi connectivity index (χ4v) is 2.18. The van der Waals surface area contributed by atoms with Gasteiger partial charge in [-0.3, -0.25) is 4.79 Å². The van der Waals surface area contributed by atoms with E-state index in [2.05, 4.69) is 5.32 Å². The minimum Gasteiger partial charge on any atom is -0.382 e. The maximum absolute atomic E-state index is 10.6. The van der Waals surface area contributed by atoms with Gasteiger partial charge in [-0.1, -0.05) is 13.0 Å². The molecule has 0 fully saturated rings. The summed E-state index contributed by atoms with van der Waals surface area (Å²) in [5, 5.41) is 14.4. The molecule has 1 aromatic heterocycles. The number of carbonyl (C=O) groups is 1. The molecule has 1 aromatic rings. The number of amides is 1. The summed E-state index contributed by atoms with van der Waals surface area (Å²) in [6.45, 7) is 2.25. The predicted molar refractivity (Wildman–Crippen MR) is 60.6 cm³/mol. The lowest BCUT2D eigenvalue weighted by Gasteiger charge is -2.16. The molecule has 84 valence electrons. The molecule has 4 N–H and O–H groups in total. The number of hydrogen-bond donors (Lipinski definition) is 3. The standard InChI is InChI=1S/C10H16N2O2S/c1-2-7(9-4-3-5-15-9)12-6-8(13)10(11)14/h3-5,7-8,12-13H,2,6H2,1H3,(H2,11,14). The molecule has 15 heavy (non-hydrogen) atoms. The van der Waals surface area contributed by atoms with Crippen LogP contribution in [0, 0.1) is 0 Å². The third-order valence-electron chi connectivity index (χ3n) is 2.18. The zero-order valence-electron chi connectivity index (χ0n) is 8.64. The van der Waals surface area contributed by atoms with Crippen molar-refractivity contribution in [2.45, 2.75) is 25.5 Å². The van der Waals surface area contributed by atoms with Crippen LogP contribution in [-0.4, -0.2) is 23.7 Å². The third kappa shape index (κ3) is 3.62. The van der Waals surface area contributed by atoms with E-state index in [0.29, 0.717) is 0 Å². The molecule has 0 aromatic carbocycles. The van der Waals surface area contributed by atoms with Gasteiger partial charge in [-0.25, -0.2) is 0 Å². The summed E-state index contributed by atoms with van der Waals surface area (Å²) in [4.78, 5) is 11.8. The van der Waals surface area contributed by atoms with Crippen molar-refractivity contribution in [2.24, 2.45) is 5.73 Å². The Balaban J connectivity index is 2.45. The number of carbonyl (C=O) groups excluding carboxylic acids is 1. The fourth-order valence-electron chi connectivity index (χ4n) is 1.29. The van der Waals surface area contributed by atoms with E-state index in [1.54, 1.807) is 11.3 Å². The van der Waals surface area contributed by atoms with E-state index < -0.39 is 12.0 Å². The highest BCUT2D eigenvalue weighted by molar-refractivity contribution is 7.10. The van der Waals surface area contributed by atoms with Gasteiger partial charge in [0.15, 0.2) is 0 Å². The van der Waals surface area contributed by atoms with Crippen LogP contribution in [0.25, 0.3) is 0 Å². The number of aliphatic hydroxyl groups is 1. The van der Waals surface area contributed by atoms with E-state index in [1.165, 1.54) is 4.88 Å². The Morgan fingerprint density at radius 3 is 2.93 bits per heavy atom. The second-order valence-electron chi connectivity index (χ2n) is 3.30. The van der Waals surface area contributed by atoms with Gasteiger partial charge in [-0.15, -0.1) is 11.3 Å². The molecule has 0 aliphatic rings. The van der Waals surface area contributed by atoms with Crippen LogP contribution in [0.1, 0.15) is 24.3 Å². The summed E-state index contributed by atoms with van der Waals surface area (Å²) in [5.74, 6) is -0.691. The van der Waals surface area contributed by atoms with Crippen molar-refractivity contribution >= 4 is 17.2 Å². The summed E-state index contributed by atoms with van der Waals surface area (Å²) in [6.07, 6.45) is -0.203. The van der Waals surface area contributed by atoms with Crippen molar-refractivity contribution in [3.8, 4) is 0 Å². The lowest BCUT2D eigenvalue weighted by Crippen LogP contribution is -2.38. The minimum atomic E-state index is -1.11. The van der Waals surface area contributed by atoms with E-state index >= 15 is 0 Å². The van der Waals surface area contributed by atoms with Gasteiger partial charge in [0.05, 0.1) is 0 Å². The van der Waals surface area contributed by atoms with Crippen molar-refractivity contribution in [1.29, 1.82) is 0 Å². The molecule has 0 saturated heterocycles. The highest BCUT2D eigenvalue weighted by Gasteiger charge is 2.14. The van der Waals surface area contributed by atoms with E-state index in [1.807, 2.05) is 24.4 Å². The zero-order chi connectivity index (χ0) is 11.3. The molecule has 0 radical (unpaired) electrons. The van der Waals surface area contributed by atoms with Crippen LogP contribution in [0.4, 0.5) is 0 Å². The molecule has 1 rings (SSSR count). The van der Waals surface area contributed by atoms with Gasteiger partial charge in [0, 0.05) is 17.5 Å². The van der Waals surface area contributed by atoms with Crippen molar-refractivity contribution < 1.29 is 9.90 Å². The van der Waals surface area contributed by atoms with Gasteiger partial charge >= 0.3 is 0 Å². The summed E-state index contributed by atoms with van der Waals surface area (Å²) < 4.78 is 0. The number of thiophene rings is 1. The third-order valence-corrected chi connectivity index (χ3v) is 3.17. The Morgan fingerprint density at radius 1 is 1.73 bits per heavy atom. The second-order valence-corrected chi connectivity index (χ2v) is 4.28. The molecule has 2 atom stereocenters. The molecule has 5 heteroatoms. The molecule has 4 nitrogen and oxygen atoms in total. The molecule has 0 spiro atoms. The SMILES string of the molecule is CCC(NCC(O)C(N)=O)c1cccs1. The normalized spacial score (nSPS) is 14.8. The molecule has 1 heterocycles. The number of nitrogens with two attached hydrogens (primary N) is 1. The lowest BCUT2D eigenvalue weighted by atomic mass is 10.2. The van der Waals surface area contributed by atoms with E-state index in [-0.39, 0.29) is 12.6 Å². The lowest BCUT2D eigenvalue weighted by molar-refractivity contribution is -0.125. The van der Waals surface area contributed by atoms with Gasteiger partial charge in [-0.2, -0.15) is 0 Å². The van der Waals surface area contributed by atoms with E-state index in [4.69, 9.17) is 5.73 Å². The van der Waals surface area contributed by atoms with Gasteiger partial charge in [0.25, 0.3) is 0 Å². The van der Waals surface area contributed by atoms with Crippen LogP contribution in [0.2, 0.25) is 0 Å². The van der Waals surface area contributed by atoms with Crippen LogP contribution < -0.4 is 11.1 Å². The van der Waals surface area contributed by atoms with Gasteiger partial charge < -0.3 is 16.2 Å². The molecule has 2 unspecified atom stereocenters. The second kappa shape index (κ2) is 5.85. The molecular formula is C10H16N2O2S. The van der Waals surface area contributed by atoms with Crippen molar-refractivity contribution in [3.63, 3.8) is 0 Å². The average molecular weight is 228 g/mol. The Kier molecular flexibility index (Phi) is 4.74.